The predicted molar refractivity (Wildman–Crippen MR) is 116 cm³/mol. The van der Waals surface area contributed by atoms with Crippen molar-refractivity contribution in [2.45, 2.75) is 24.3 Å². The average Bonchev–Trinajstić information content (AvgIpc) is 3.52. The maximum Gasteiger partial charge on any atom is 0.176 e. The van der Waals surface area contributed by atoms with Crippen molar-refractivity contribution in [2.75, 3.05) is 25.1 Å². The summed E-state index contributed by atoms with van der Waals surface area (Å²) in [6, 6.07) is 5.19. The number of halogens is 2. The van der Waals surface area contributed by atoms with Crippen LogP contribution in [-0.2, 0) is 4.74 Å². The summed E-state index contributed by atoms with van der Waals surface area (Å²) in [7, 11) is 0. The van der Waals surface area contributed by atoms with Gasteiger partial charge in [0.1, 0.15) is 16.0 Å². The van der Waals surface area contributed by atoms with E-state index in [0.717, 1.165) is 36.2 Å². The number of thiophene rings is 1. The molecule has 2 saturated heterocycles. The van der Waals surface area contributed by atoms with Crippen LogP contribution in [0.4, 0.5) is 20.2 Å². The molecule has 0 radical (unpaired) electrons. The molecule has 0 saturated carbocycles. The van der Waals surface area contributed by atoms with Crippen molar-refractivity contribution >= 4 is 54.5 Å². The molecule has 0 aliphatic carbocycles. The second kappa shape index (κ2) is 6.91. The number of rotatable bonds is 3. The molecule has 1 aromatic carbocycles. The van der Waals surface area contributed by atoms with Gasteiger partial charge in [0.05, 0.1) is 28.0 Å². The van der Waals surface area contributed by atoms with Crippen LogP contribution in [0, 0.1) is 11.6 Å². The summed E-state index contributed by atoms with van der Waals surface area (Å²) in [6.45, 7) is 2.45. The first-order valence-corrected chi connectivity index (χ1v) is 11.5. The van der Waals surface area contributed by atoms with Gasteiger partial charge in [-0.25, -0.2) is 18.7 Å². The standard InChI is InChI=1S/C21H18F2N4OS2/c22-13-8-16-19(25-10-29-16)17(23)18(13)27-14-2-4-24-20-11(14)7-15(30-20)12-1-5-26-21(12)3-6-28-9-21/h2,4,7-8,10,12,26H,1,3,5-6,9H2,(H,24,27)/t12-,21-/m0/s1. The summed E-state index contributed by atoms with van der Waals surface area (Å²) >= 11 is 2.86. The Kier molecular flexibility index (Phi) is 4.28. The quantitative estimate of drug-likeness (QED) is 0.457. The first-order chi connectivity index (χ1) is 14.6. The number of pyridine rings is 1. The molecule has 2 N–H and O–H groups in total. The van der Waals surface area contributed by atoms with Gasteiger partial charge in [0.15, 0.2) is 11.6 Å². The van der Waals surface area contributed by atoms with E-state index in [-0.39, 0.29) is 16.7 Å². The van der Waals surface area contributed by atoms with Crippen molar-refractivity contribution in [1.29, 1.82) is 0 Å². The monoisotopic (exact) mass is 444 g/mol. The van der Waals surface area contributed by atoms with Gasteiger partial charge < -0.3 is 15.4 Å². The summed E-state index contributed by atoms with van der Waals surface area (Å²) in [5, 5.41) is 7.49. The first kappa shape index (κ1) is 18.6. The summed E-state index contributed by atoms with van der Waals surface area (Å²) in [6.07, 6.45) is 3.71. The lowest BCUT2D eigenvalue weighted by Crippen LogP contribution is -2.44. The van der Waals surface area contributed by atoms with Crippen molar-refractivity contribution in [3.05, 3.63) is 46.4 Å². The van der Waals surface area contributed by atoms with Crippen molar-refractivity contribution in [3.63, 3.8) is 0 Å². The van der Waals surface area contributed by atoms with E-state index in [1.54, 1.807) is 23.6 Å². The smallest absolute Gasteiger partial charge is 0.176 e. The Labute approximate surface area is 179 Å². The Morgan fingerprint density at radius 2 is 2.20 bits per heavy atom. The van der Waals surface area contributed by atoms with Crippen molar-refractivity contribution in [2.24, 2.45) is 0 Å². The number of nitrogens with zero attached hydrogens (tertiary/aromatic N) is 2. The van der Waals surface area contributed by atoms with Crippen molar-refractivity contribution in [3.8, 4) is 0 Å². The van der Waals surface area contributed by atoms with Gasteiger partial charge in [0, 0.05) is 29.0 Å². The lowest BCUT2D eigenvalue weighted by Gasteiger charge is -2.28. The zero-order valence-corrected chi connectivity index (χ0v) is 17.5. The number of thiazole rings is 1. The van der Waals surface area contributed by atoms with E-state index in [9.17, 15) is 8.78 Å². The van der Waals surface area contributed by atoms with Gasteiger partial charge in [-0.2, -0.15) is 0 Å². The number of anilines is 2. The van der Waals surface area contributed by atoms with Gasteiger partial charge in [0.2, 0.25) is 0 Å². The fourth-order valence-electron chi connectivity index (χ4n) is 4.70. The van der Waals surface area contributed by atoms with E-state index in [1.165, 1.54) is 27.8 Å². The van der Waals surface area contributed by atoms with Gasteiger partial charge >= 0.3 is 0 Å². The fourth-order valence-corrected chi connectivity index (χ4v) is 6.67. The minimum Gasteiger partial charge on any atom is -0.379 e. The molecular weight excluding hydrogens is 426 g/mol. The SMILES string of the molecule is Fc1cc2scnc2c(F)c1Nc1ccnc2sc([C@@H]3CCN[C@]34CCOC4)cc12. The zero-order valence-electron chi connectivity index (χ0n) is 15.9. The van der Waals surface area contributed by atoms with E-state index >= 15 is 0 Å². The molecule has 0 bridgehead atoms. The molecule has 0 unspecified atom stereocenters. The molecule has 154 valence electrons. The van der Waals surface area contributed by atoms with E-state index in [0.29, 0.717) is 22.9 Å². The molecule has 5 heterocycles. The number of hydrogen-bond donors (Lipinski definition) is 2. The third-order valence-corrected chi connectivity index (χ3v) is 8.14. The molecule has 30 heavy (non-hydrogen) atoms. The minimum absolute atomic E-state index is 0.0116. The first-order valence-electron chi connectivity index (χ1n) is 9.84. The number of fused-ring (bicyclic) bond motifs is 2. The van der Waals surface area contributed by atoms with Crippen LogP contribution in [0.1, 0.15) is 23.6 Å². The maximum absolute atomic E-state index is 14.9. The summed E-state index contributed by atoms with van der Waals surface area (Å²) in [4.78, 5) is 10.6. The Morgan fingerprint density at radius 1 is 1.27 bits per heavy atom. The van der Waals surface area contributed by atoms with Gasteiger partial charge in [-0.15, -0.1) is 22.7 Å². The van der Waals surface area contributed by atoms with Crippen LogP contribution in [0.15, 0.2) is 29.9 Å². The highest BCUT2D eigenvalue weighted by Gasteiger charge is 2.46. The second-order valence-corrected chi connectivity index (χ2v) is 9.77. The Balaban J connectivity index is 1.41. The molecule has 1 spiro atoms. The third kappa shape index (κ3) is 2.76. The van der Waals surface area contributed by atoms with Gasteiger partial charge in [-0.1, -0.05) is 0 Å². The molecule has 2 atom stereocenters. The molecule has 6 rings (SSSR count). The van der Waals surface area contributed by atoms with Crippen LogP contribution in [0.3, 0.4) is 0 Å². The van der Waals surface area contributed by atoms with Gasteiger partial charge in [-0.3, -0.25) is 0 Å². The molecule has 2 fully saturated rings. The fraction of sp³-hybridized carbons (Fsp3) is 0.333. The molecular formula is C21H18F2N4OS2. The second-order valence-electron chi connectivity index (χ2n) is 7.82. The summed E-state index contributed by atoms with van der Waals surface area (Å²) in [5.74, 6) is -0.952. The molecule has 2 aliphatic rings. The molecule has 0 amide bonds. The highest BCUT2D eigenvalue weighted by molar-refractivity contribution is 7.18. The van der Waals surface area contributed by atoms with Crippen LogP contribution < -0.4 is 10.6 Å². The average molecular weight is 445 g/mol. The Morgan fingerprint density at radius 3 is 3.07 bits per heavy atom. The van der Waals surface area contributed by atoms with Crippen LogP contribution >= 0.6 is 22.7 Å². The maximum atomic E-state index is 14.9. The topological polar surface area (TPSA) is 59.1 Å². The Bertz CT molecular complexity index is 1260. The van der Waals surface area contributed by atoms with Gasteiger partial charge in [-0.05, 0) is 37.6 Å². The van der Waals surface area contributed by atoms with Gasteiger partial charge in [0.25, 0.3) is 0 Å². The third-order valence-electron chi connectivity index (χ3n) is 6.21. The molecule has 4 aromatic rings. The largest absolute Gasteiger partial charge is 0.379 e. The van der Waals surface area contributed by atoms with Crippen LogP contribution in [0.25, 0.3) is 20.4 Å². The lowest BCUT2D eigenvalue weighted by atomic mass is 9.83. The molecule has 5 nitrogen and oxygen atoms in total. The number of ether oxygens (including phenoxy) is 1. The number of aromatic nitrogens is 2. The normalized spacial score (nSPS) is 23.9. The molecule has 9 heteroatoms. The number of nitrogens with one attached hydrogen (secondary N) is 2. The van der Waals surface area contributed by atoms with Crippen LogP contribution in [-0.4, -0.2) is 35.3 Å². The van der Waals surface area contributed by atoms with E-state index in [4.69, 9.17) is 4.74 Å². The molecule has 2 aliphatic heterocycles. The zero-order chi connectivity index (χ0) is 20.3. The summed E-state index contributed by atoms with van der Waals surface area (Å²) < 4.78 is 35.7. The highest BCUT2D eigenvalue weighted by atomic mass is 32.1. The van der Waals surface area contributed by atoms with E-state index in [1.807, 2.05) is 0 Å². The van der Waals surface area contributed by atoms with E-state index < -0.39 is 11.6 Å². The van der Waals surface area contributed by atoms with Crippen molar-refractivity contribution < 1.29 is 13.5 Å². The number of hydrogen-bond acceptors (Lipinski definition) is 7. The van der Waals surface area contributed by atoms with E-state index in [2.05, 4.69) is 26.7 Å². The van der Waals surface area contributed by atoms with Crippen LogP contribution in [0.2, 0.25) is 0 Å². The molecule has 3 aromatic heterocycles. The lowest BCUT2D eigenvalue weighted by molar-refractivity contribution is 0.168. The van der Waals surface area contributed by atoms with Crippen LogP contribution in [0.5, 0.6) is 0 Å². The highest BCUT2D eigenvalue weighted by Crippen LogP contribution is 2.46. The number of benzene rings is 1. The predicted octanol–water partition coefficient (Wildman–Crippen LogP) is 5.16. The summed E-state index contributed by atoms with van der Waals surface area (Å²) in [5.41, 5.74) is 2.14. The van der Waals surface area contributed by atoms with Crippen molar-refractivity contribution in [1.82, 2.24) is 15.3 Å². The Hall–Kier alpha value is -2.20. The minimum atomic E-state index is -0.672.